The topological polar surface area (TPSA) is 40.5 Å². The van der Waals surface area contributed by atoms with Crippen LogP contribution in [0.1, 0.15) is 112 Å². The van der Waals surface area contributed by atoms with Crippen molar-refractivity contribution in [2.45, 2.75) is 118 Å². The highest BCUT2D eigenvalue weighted by Gasteiger charge is 2.62. The minimum absolute atomic E-state index is 0.0752. The largest absolute Gasteiger partial charge is 0.396 e. The first-order valence-electron chi connectivity index (χ1n) is 13.6. The predicted octanol–water partition coefficient (Wildman–Crippen LogP) is 7.14. The highest BCUT2D eigenvalue weighted by Crippen LogP contribution is 2.71. The Labute approximate surface area is 192 Å². The number of rotatable bonds is 6. The lowest BCUT2D eigenvalue weighted by molar-refractivity contribution is -0.0665. The summed E-state index contributed by atoms with van der Waals surface area (Å²) in [4.78, 5) is 0. The molecule has 0 radical (unpaired) electrons. The van der Waals surface area contributed by atoms with Crippen molar-refractivity contribution < 1.29 is 10.2 Å². The Morgan fingerprint density at radius 3 is 2.32 bits per heavy atom. The monoisotopic (exact) mass is 430 g/mol. The predicted molar refractivity (Wildman–Crippen MR) is 130 cm³/mol. The van der Waals surface area contributed by atoms with Crippen LogP contribution in [0, 0.1) is 45.8 Å². The van der Waals surface area contributed by atoms with Gasteiger partial charge in [-0.15, -0.1) is 0 Å². The number of fused-ring (bicyclic) bond motifs is 4. The van der Waals surface area contributed by atoms with E-state index in [4.69, 9.17) is 0 Å². The number of aliphatic hydroxyl groups excluding tert-OH is 2. The molecule has 31 heavy (non-hydrogen) atoms. The van der Waals surface area contributed by atoms with Gasteiger partial charge in [0.25, 0.3) is 0 Å². The molecule has 178 valence electrons. The van der Waals surface area contributed by atoms with Crippen LogP contribution >= 0.6 is 0 Å². The van der Waals surface area contributed by atoms with Gasteiger partial charge in [-0.1, -0.05) is 72.0 Å². The Kier molecular flexibility index (Phi) is 6.50. The minimum Gasteiger partial charge on any atom is -0.396 e. The van der Waals surface area contributed by atoms with Gasteiger partial charge in [-0.05, 0) is 91.3 Å². The summed E-state index contributed by atoms with van der Waals surface area (Å²) in [6.45, 7) is 15.2. The van der Waals surface area contributed by atoms with Crippen molar-refractivity contribution >= 4 is 0 Å². The van der Waals surface area contributed by atoms with Crippen molar-refractivity contribution in [3.8, 4) is 0 Å². The SMILES string of the molecule is CC(C)CCC[C@@H](C)[C@H]1CC[C@@]2(C)C3=C(CC[C@]12C)[C@@]1(C)CC[C@H](O)[C@@H](CO)[C@@H]1CC3. The van der Waals surface area contributed by atoms with Crippen molar-refractivity contribution in [3.63, 3.8) is 0 Å². The fraction of sp³-hybridized carbons (Fsp3) is 0.931. The smallest absolute Gasteiger partial charge is 0.0593 e. The van der Waals surface area contributed by atoms with Gasteiger partial charge in [0.05, 0.1) is 6.10 Å². The summed E-state index contributed by atoms with van der Waals surface area (Å²) in [5.74, 6) is 3.06. The standard InChI is InChI=1S/C29H50O2/c1-19(2)8-7-9-20(3)22-12-16-29(6)25-11-10-23-21(18-30)26(31)14-15-27(23,4)24(25)13-17-28(22,29)5/h19-23,26,30-31H,7-18H2,1-6H3/t20-,21+,22-,23+,26+,27+,28-,29+/m1/s1. The van der Waals surface area contributed by atoms with Gasteiger partial charge in [-0.25, -0.2) is 0 Å². The zero-order valence-electron chi connectivity index (χ0n) is 21.3. The third-order valence-electron chi connectivity index (χ3n) is 11.5. The van der Waals surface area contributed by atoms with E-state index in [0.717, 1.165) is 37.0 Å². The molecular weight excluding hydrogens is 380 g/mol. The van der Waals surface area contributed by atoms with E-state index in [1.54, 1.807) is 5.57 Å². The van der Waals surface area contributed by atoms with Crippen molar-refractivity contribution in [2.24, 2.45) is 45.8 Å². The molecule has 0 aromatic carbocycles. The van der Waals surface area contributed by atoms with Gasteiger partial charge in [0, 0.05) is 12.5 Å². The molecular formula is C29H50O2. The third kappa shape index (κ3) is 3.58. The van der Waals surface area contributed by atoms with Crippen LogP contribution in [-0.2, 0) is 0 Å². The Hall–Kier alpha value is -0.340. The van der Waals surface area contributed by atoms with E-state index in [9.17, 15) is 10.2 Å². The highest BCUT2D eigenvalue weighted by molar-refractivity contribution is 5.38. The lowest BCUT2D eigenvalue weighted by atomic mass is 9.45. The summed E-state index contributed by atoms with van der Waals surface area (Å²) in [5.41, 5.74) is 4.59. The van der Waals surface area contributed by atoms with Gasteiger partial charge in [-0.2, -0.15) is 0 Å². The maximum Gasteiger partial charge on any atom is 0.0593 e. The fourth-order valence-corrected chi connectivity index (χ4v) is 9.35. The lowest BCUT2D eigenvalue weighted by Crippen LogP contribution is -2.52. The van der Waals surface area contributed by atoms with Gasteiger partial charge in [-0.3, -0.25) is 0 Å². The molecule has 2 saturated carbocycles. The van der Waals surface area contributed by atoms with Crippen molar-refractivity contribution in [2.75, 3.05) is 6.61 Å². The van der Waals surface area contributed by atoms with Crippen LogP contribution in [0.4, 0.5) is 0 Å². The van der Waals surface area contributed by atoms with E-state index in [2.05, 4.69) is 41.5 Å². The first kappa shape index (κ1) is 23.8. The van der Waals surface area contributed by atoms with Crippen LogP contribution in [0.15, 0.2) is 11.1 Å². The van der Waals surface area contributed by atoms with E-state index >= 15 is 0 Å². The second-order valence-corrected chi connectivity index (χ2v) is 13.2. The molecule has 4 aliphatic carbocycles. The number of hydrogen-bond donors (Lipinski definition) is 2. The molecule has 0 heterocycles. The molecule has 0 aromatic rings. The average Bonchev–Trinajstić information content (AvgIpc) is 2.99. The summed E-state index contributed by atoms with van der Waals surface area (Å²) in [7, 11) is 0. The molecule has 2 nitrogen and oxygen atoms in total. The van der Waals surface area contributed by atoms with Crippen molar-refractivity contribution in [1.29, 1.82) is 0 Å². The highest BCUT2D eigenvalue weighted by atomic mass is 16.3. The van der Waals surface area contributed by atoms with Gasteiger partial charge >= 0.3 is 0 Å². The summed E-state index contributed by atoms with van der Waals surface area (Å²) in [5, 5.41) is 20.7. The van der Waals surface area contributed by atoms with Crippen molar-refractivity contribution in [1.82, 2.24) is 0 Å². The van der Waals surface area contributed by atoms with E-state index < -0.39 is 0 Å². The van der Waals surface area contributed by atoms with Gasteiger partial charge in [0.2, 0.25) is 0 Å². The van der Waals surface area contributed by atoms with Crippen molar-refractivity contribution in [3.05, 3.63) is 11.1 Å². The molecule has 2 heteroatoms. The van der Waals surface area contributed by atoms with E-state index in [0.29, 0.717) is 16.7 Å². The Morgan fingerprint density at radius 1 is 0.903 bits per heavy atom. The van der Waals surface area contributed by atoms with E-state index in [1.807, 2.05) is 5.57 Å². The molecule has 2 N–H and O–H groups in total. The van der Waals surface area contributed by atoms with E-state index in [1.165, 1.54) is 51.4 Å². The summed E-state index contributed by atoms with van der Waals surface area (Å²) in [6.07, 6.45) is 13.6. The van der Waals surface area contributed by atoms with Gasteiger partial charge in [0.1, 0.15) is 0 Å². The molecule has 0 aromatic heterocycles. The molecule has 0 saturated heterocycles. The molecule has 0 aliphatic heterocycles. The Bertz CT molecular complexity index is 695. The molecule has 0 unspecified atom stereocenters. The molecule has 0 spiro atoms. The number of hydrogen-bond acceptors (Lipinski definition) is 2. The molecule has 4 aliphatic rings. The number of aliphatic hydroxyl groups is 2. The second kappa shape index (κ2) is 8.46. The molecule has 0 amide bonds. The average molecular weight is 431 g/mol. The van der Waals surface area contributed by atoms with E-state index in [-0.39, 0.29) is 24.0 Å². The van der Waals surface area contributed by atoms with Crippen LogP contribution in [0.3, 0.4) is 0 Å². The first-order valence-corrected chi connectivity index (χ1v) is 13.6. The van der Waals surface area contributed by atoms with Crippen LogP contribution in [0.2, 0.25) is 0 Å². The van der Waals surface area contributed by atoms with Crippen LogP contribution in [0.25, 0.3) is 0 Å². The maximum atomic E-state index is 10.6. The summed E-state index contributed by atoms with van der Waals surface area (Å²) < 4.78 is 0. The molecule has 8 atom stereocenters. The zero-order valence-corrected chi connectivity index (χ0v) is 21.3. The minimum atomic E-state index is -0.308. The lowest BCUT2D eigenvalue weighted by Gasteiger charge is -2.60. The van der Waals surface area contributed by atoms with Gasteiger partial charge in [0.15, 0.2) is 0 Å². The van der Waals surface area contributed by atoms with Crippen LogP contribution < -0.4 is 0 Å². The molecule has 4 rings (SSSR count). The normalized spacial score (nSPS) is 46.0. The van der Waals surface area contributed by atoms with Crippen LogP contribution in [-0.4, -0.2) is 22.9 Å². The number of allylic oxidation sites excluding steroid dienone is 2. The second-order valence-electron chi connectivity index (χ2n) is 13.2. The first-order chi connectivity index (χ1) is 14.6. The third-order valence-corrected chi connectivity index (χ3v) is 11.5. The maximum absolute atomic E-state index is 10.6. The quantitative estimate of drug-likeness (QED) is 0.440. The summed E-state index contributed by atoms with van der Waals surface area (Å²) >= 11 is 0. The zero-order chi connectivity index (χ0) is 22.6. The Balaban J connectivity index is 1.61. The summed E-state index contributed by atoms with van der Waals surface area (Å²) in [6, 6.07) is 0. The fourth-order valence-electron chi connectivity index (χ4n) is 9.35. The molecule has 2 fully saturated rings. The Morgan fingerprint density at radius 2 is 1.65 bits per heavy atom. The van der Waals surface area contributed by atoms with Crippen LogP contribution in [0.5, 0.6) is 0 Å². The molecule has 0 bridgehead atoms. The van der Waals surface area contributed by atoms with Gasteiger partial charge < -0.3 is 10.2 Å².